The Hall–Kier alpha value is -0.600. The molecule has 0 amide bonds. The molecule has 0 aliphatic heterocycles. The van der Waals surface area contributed by atoms with E-state index in [-0.39, 0.29) is 11.5 Å². The highest BCUT2D eigenvalue weighted by Crippen LogP contribution is 1.91. The Labute approximate surface area is 86.2 Å². The Kier molecular flexibility index (Phi) is 7.44. The van der Waals surface area contributed by atoms with Crippen LogP contribution in [-0.4, -0.2) is 33.0 Å². The van der Waals surface area contributed by atoms with Crippen molar-refractivity contribution in [3.63, 3.8) is 0 Å². The summed E-state index contributed by atoms with van der Waals surface area (Å²) in [4.78, 5) is 0. The van der Waals surface area contributed by atoms with E-state index in [9.17, 15) is 8.42 Å². The zero-order valence-electron chi connectivity index (χ0n) is 8.62. The van der Waals surface area contributed by atoms with Crippen molar-refractivity contribution < 1.29 is 8.42 Å². The maximum atomic E-state index is 11.1. The van der Waals surface area contributed by atoms with E-state index in [1.165, 1.54) is 0 Å². The predicted molar refractivity (Wildman–Crippen MR) is 56.7 cm³/mol. The van der Waals surface area contributed by atoms with Crippen molar-refractivity contribution in [1.29, 1.82) is 5.26 Å². The first kappa shape index (κ1) is 13.4. The van der Waals surface area contributed by atoms with Gasteiger partial charge in [0.05, 0.1) is 11.8 Å². The molecular formula is C9H18N2O2S. The molecule has 0 aromatic heterocycles. The molecule has 0 bridgehead atoms. The minimum atomic E-state index is -2.83. The summed E-state index contributed by atoms with van der Waals surface area (Å²) in [6, 6.07) is 2.07. The van der Waals surface area contributed by atoms with Crippen LogP contribution < -0.4 is 5.32 Å². The third-order valence-electron chi connectivity index (χ3n) is 1.92. The molecule has 0 saturated carbocycles. The second-order valence-corrected chi connectivity index (χ2v) is 5.57. The highest BCUT2D eigenvalue weighted by atomic mass is 32.2. The number of nitrogens with one attached hydrogen (secondary N) is 1. The first-order chi connectivity index (χ1) is 6.62. The maximum absolute atomic E-state index is 11.1. The number of sulfone groups is 1. The minimum absolute atomic E-state index is 0.210. The lowest BCUT2D eigenvalue weighted by Gasteiger charge is -2.03. The lowest BCUT2D eigenvalue weighted by molar-refractivity contribution is 0.588. The van der Waals surface area contributed by atoms with Crippen LogP contribution in [0.3, 0.4) is 0 Å². The van der Waals surface area contributed by atoms with Crippen LogP contribution in [0, 0.1) is 11.3 Å². The van der Waals surface area contributed by atoms with Gasteiger partial charge in [-0.1, -0.05) is 6.92 Å². The first-order valence-corrected chi connectivity index (χ1v) is 6.72. The fourth-order valence-electron chi connectivity index (χ4n) is 0.951. The van der Waals surface area contributed by atoms with Crippen LogP contribution in [0.1, 0.15) is 26.2 Å². The molecule has 4 nitrogen and oxygen atoms in total. The van der Waals surface area contributed by atoms with Gasteiger partial charge in [0.15, 0.2) is 9.84 Å². The van der Waals surface area contributed by atoms with Crippen LogP contribution in [0.5, 0.6) is 0 Å². The Morgan fingerprint density at radius 3 is 2.57 bits per heavy atom. The van der Waals surface area contributed by atoms with Gasteiger partial charge in [-0.15, -0.1) is 0 Å². The van der Waals surface area contributed by atoms with Crippen LogP contribution in [0.2, 0.25) is 0 Å². The fourth-order valence-corrected chi connectivity index (χ4v) is 1.70. The van der Waals surface area contributed by atoms with Gasteiger partial charge in [0.1, 0.15) is 0 Å². The van der Waals surface area contributed by atoms with Gasteiger partial charge < -0.3 is 5.32 Å². The van der Waals surface area contributed by atoms with Crippen molar-refractivity contribution in [2.24, 2.45) is 0 Å². The Morgan fingerprint density at radius 1 is 1.29 bits per heavy atom. The lowest BCUT2D eigenvalue weighted by atomic mass is 10.2. The molecule has 0 unspecified atom stereocenters. The Bertz CT molecular complexity index is 267. The lowest BCUT2D eigenvalue weighted by Crippen LogP contribution is -2.24. The molecule has 0 aromatic rings. The molecule has 0 rings (SSSR count). The molecule has 0 atom stereocenters. The van der Waals surface area contributed by atoms with Crippen molar-refractivity contribution in [1.82, 2.24) is 5.32 Å². The number of hydrogen-bond donors (Lipinski definition) is 1. The van der Waals surface area contributed by atoms with Gasteiger partial charge in [-0.3, -0.25) is 0 Å². The maximum Gasteiger partial charge on any atom is 0.151 e. The molecule has 0 fully saturated rings. The predicted octanol–water partition coefficient (Wildman–Crippen LogP) is 0.705. The van der Waals surface area contributed by atoms with Crippen LogP contribution in [-0.2, 0) is 9.84 Å². The highest BCUT2D eigenvalue weighted by Gasteiger charge is 2.05. The highest BCUT2D eigenvalue weighted by molar-refractivity contribution is 7.91. The van der Waals surface area contributed by atoms with Crippen molar-refractivity contribution in [3.8, 4) is 6.07 Å². The van der Waals surface area contributed by atoms with Gasteiger partial charge >= 0.3 is 0 Å². The number of rotatable bonds is 8. The van der Waals surface area contributed by atoms with E-state index in [4.69, 9.17) is 5.26 Å². The molecule has 0 aliphatic carbocycles. The molecule has 0 spiro atoms. The number of nitriles is 1. The van der Waals surface area contributed by atoms with E-state index in [0.29, 0.717) is 13.0 Å². The van der Waals surface area contributed by atoms with E-state index in [2.05, 4.69) is 11.4 Å². The Balaban J connectivity index is 3.27. The monoisotopic (exact) mass is 218 g/mol. The van der Waals surface area contributed by atoms with E-state index in [1.54, 1.807) is 6.92 Å². The number of hydrogen-bond acceptors (Lipinski definition) is 4. The van der Waals surface area contributed by atoms with Crippen LogP contribution in [0.25, 0.3) is 0 Å². The zero-order valence-corrected chi connectivity index (χ0v) is 9.44. The number of nitrogens with zero attached hydrogens (tertiary/aromatic N) is 1. The summed E-state index contributed by atoms with van der Waals surface area (Å²) >= 11 is 0. The van der Waals surface area contributed by atoms with Gasteiger partial charge in [0.25, 0.3) is 0 Å². The molecule has 0 heterocycles. The van der Waals surface area contributed by atoms with Crippen molar-refractivity contribution in [3.05, 3.63) is 0 Å². The van der Waals surface area contributed by atoms with Crippen LogP contribution in [0.4, 0.5) is 0 Å². The second-order valence-electron chi connectivity index (χ2n) is 3.10. The summed E-state index contributed by atoms with van der Waals surface area (Å²) in [5.41, 5.74) is 0. The smallest absolute Gasteiger partial charge is 0.151 e. The molecule has 14 heavy (non-hydrogen) atoms. The molecule has 0 aliphatic rings. The fraction of sp³-hybridized carbons (Fsp3) is 0.889. The summed E-state index contributed by atoms with van der Waals surface area (Å²) < 4.78 is 22.1. The van der Waals surface area contributed by atoms with Crippen LogP contribution in [0.15, 0.2) is 0 Å². The van der Waals surface area contributed by atoms with Gasteiger partial charge in [-0.05, 0) is 19.4 Å². The molecule has 5 heteroatoms. The standard InChI is InChI=1S/C9H18N2O2S/c1-2-14(12,13)9-8-11-7-5-3-4-6-10/h11H,2-5,7-9H2,1H3. The van der Waals surface area contributed by atoms with Crippen LogP contribution >= 0.6 is 0 Å². The molecule has 0 radical (unpaired) electrons. The summed E-state index contributed by atoms with van der Waals surface area (Å²) in [6.07, 6.45) is 2.39. The average Bonchev–Trinajstić information content (AvgIpc) is 2.16. The molecule has 1 N–H and O–H groups in total. The molecular weight excluding hydrogens is 200 g/mol. The van der Waals surface area contributed by atoms with Gasteiger partial charge in [0.2, 0.25) is 0 Å². The topological polar surface area (TPSA) is 70.0 Å². The summed E-state index contributed by atoms with van der Waals surface area (Å²) in [7, 11) is -2.83. The largest absolute Gasteiger partial charge is 0.316 e. The van der Waals surface area contributed by atoms with Gasteiger partial charge in [-0.25, -0.2) is 8.42 Å². The molecule has 0 aromatic carbocycles. The summed E-state index contributed by atoms with van der Waals surface area (Å²) in [5, 5.41) is 11.3. The summed E-state index contributed by atoms with van der Waals surface area (Å²) in [5.74, 6) is 0.421. The minimum Gasteiger partial charge on any atom is -0.316 e. The molecule has 82 valence electrons. The number of unbranched alkanes of at least 4 members (excludes halogenated alkanes) is 2. The van der Waals surface area contributed by atoms with Crippen molar-refractivity contribution >= 4 is 9.84 Å². The third-order valence-corrected chi connectivity index (χ3v) is 3.63. The Morgan fingerprint density at radius 2 is 2.00 bits per heavy atom. The van der Waals surface area contributed by atoms with E-state index in [1.807, 2.05) is 0 Å². The SMILES string of the molecule is CCS(=O)(=O)CCNCCCCC#N. The zero-order chi connectivity index (χ0) is 10.9. The van der Waals surface area contributed by atoms with Gasteiger partial charge in [-0.2, -0.15) is 5.26 Å². The molecule has 0 saturated heterocycles. The van der Waals surface area contributed by atoms with E-state index >= 15 is 0 Å². The normalized spacial score (nSPS) is 11.1. The summed E-state index contributed by atoms with van der Waals surface area (Å²) in [6.45, 7) is 2.96. The average molecular weight is 218 g/mol. The van der Waals surface area contributed by atoms with Crippen molar-refractivity contribution in [2.45, 2.75) is 26.2 Å². The van der Waals surface area contributed by atoms with E-state index in [0.717, 1.165) is 19.4 Å². The van der Waals surface area contributed by atoms with E-state index < -0.39 is 9.84 Å². The van der Waals surface area contributed by atoms with Crippen molar-refractivity contribution in [2.75, 3.05) is 24.6 Å². The van der Waals surface area contributed by atoms with Gasteiger partial charge in [0, 0.05) is 18.7 Å². The third kappa shape index (κ3) is 8.02. The second kappa shape index (κ2) is 7.77. The first-order valence-electron chi connectivity index (χ1n) is 4.90. The quantitative estimate of drug-likeness (QED) is 0.609.